The molecule has 10 heteroatoms. The number of carboxylic acid groups (broad SMARTS) is 1. The predicted octanol–water partition coefficient (Wildman–Crippen LogP) is 2.24. The summed E-state index contributed by atoms with van der Waals surface area (Å²) >= 11 is 0. The van der Waals surface area contributed by atoms with Crippen LogP contribution < -0.4 is 50.3 Å². The summed E-state index contributed by atoms with van der Waals surface area (Å²) in [7, 11) is 0. The molecule has 0 saturated carbocycles. The first-order valence-electron chi connectivity index (χ1n) is 10.7. The van der Waals surface area contributed by atoms with Crippen molar-refractivity contribution in [1.82, 2.24) is 29.9 Å². The van der Waals surface area contributed by atoms with Crippen LogP contribution >= 0.6 is 0 Å². The number of hydrogen-bond donors (Lipinski definition) is 5. The van der Waals surface area contributed by atoms with Crippen molar-refractivity contribution in [2.75, 3.05) is 32.9 Å². The van der Waals surface area contributed by atoms with Gasteiger partial charge in [-0.1, -0.05) is 85.5 Å². The summed E-state index contributed by atoms with van der Waals surface area (Å²) in [6.07, 6.45) is 13.5. The van der Waals surface area contributed by atoms with Gasteiger partial charge in [-0.05, 0) is 19.4 Å². The number of quaternary nitrogens is 4. The van der Waals surface area contributed by atoms with E-state index < -0.39 is 5.97 Å². The molecule has 31 heavy (non-hydrogen) atoms. The molecule has 0 unspecified atom stereocenters. The normalized spacial score (nSPS) is 7.97. The van der Waals surface area contributed by atoms with Crippen molar-refractivity contribution in [2.24, 2.45) is 0 Å². The summed E-state index contributed by atoms with van der Waals surface area (Å²) in [6.45, 7) is 8.44. The van der Waals surface area contributed by atoms with Crippen LogP contribution in [0.5, 0.6) is 0 Å². The summed E-state index contributed by atoms with van der Waals surface area (Å²) in [5.41, 5.74) is 0. The third-order valence-corrected chi connectivity index (χ3v) is 3.21. The highest BCUT2D eigenvalue weighted by atomic mass is 16.4. The van der Waals surface area contributed by atoms with E-state index in [1.807, 2.05) is 0 Å². The molecule has 0 aliphatic rings. The van der Waals surface area contributed by atoms with Crippen molar-refractivity contribution in [3.05, 3.63) is 0 Å². The van der Waals surface area contributed by atoms with E-state index in [2.05, 4.69) is 12.2 Å². The van der Waals surface area contributed by atoms with Crippen molar-refractivity contribution in [2.45, 2.75) is 98.3 Å². The average molecular weight is 464 g/mol. The van der Waals surface area contributed by atoms with E-state index in [9.17, 15) is 9.90 Å². The lowest BCUT2D eigenvalue weighted by molar-refractivity contribution is -0.362. The molecule has 17 N–H and O–H groups in total. The van der Waals surface area contributed by atoms with Gasteiger partial charge in [0.05, 0.1) is 0 Å². The van der Waals surface area contributed by atoms with Crippen LogP contribution in [0.1, 0.15) is 98.3 Å². The van der Waals surface area contributed by atoms with Crippen LogP contribution in [0.4, 0.5) is 0 Å². The highest BCUT2D eigenvalue weighted by Crippen LogP contribution is 2.10. The van der Waals surface area contributed by atoms with Crippen LogP contribution in [0.25, 0.3) is 0 Å². The van der Waals surface area contributed by atoms with Gasteiger partial charge in [0.2, 0.25) is 0 Å². The standard InChI is InChI=1S/C15H31NO2.3C2H5O.4H3N/c1-2-3-4-5-6-7-8-9-10-11-13-16-14-12-15(17)18;3*1-2-3;;;;/h16H,2-14H2,1H3,(H,17,18);3*2H2,1H3;4*1H3/q;3*-1;;;;/p+3. The zero-order valence-electron chi connectivity index (χ0n) is 22.4. The molecule has 0 saturated heterocycles. The molecular formula is C21H61N5O5. The van der Waals surface area contributed by atoms with Gasteiger partial charge in [-0.15, -0.1) is 19.8 Å². The first-order valence-corrected chi connectivity index (χ1v) is 10.7. The molecule has 0 aromatic heterocycles. The fourth-order valence-electron chi connectivity index (χ4n) is 2.05. The van der Waals surface area contributed by atoms with Crippen molar-refractivity contribution in [3.8, 4) is 0 Å². The Kier molecular flexibility index (Phi) is 106. The minimum absolute atomic E-state index is 0. The number of hydrogen-bond acceptors (Lipinski definition) is 6. The topological polar surface area (TPSA) is 267 Å². The van der Waals surface area contributed by atoms with Crippen LogP contribution in [0.15, 0.2) is 0 Å². The minimum Gasteiger partial charge on any atom is -0.855 e. The second-order valence-electron chi connectivity index (χ2n) is 5.92. The number of nitrogens with one attached hydrogen (secondary N) is 1. The highest BCUT2D eigenvalue weighted by Gasteiger charge is 1.93. The summed E-state index contributed by atoms with van der Waals surface area (Å²) in [6, 6.07) is 0. The number of carbonyl (C=O) groups excluding carboxylic acids is 1. The summed E-state index contributed by atoms with van der Waals surface area (Å²) in [5.74, 6) is -0.967. The molecule has 0 heterocycles. The van der Waals surface area contributed by atoms with Crippen molar-refractivity contribution in [3.63, 3.8) is 0 Å². The van der Waals surface area contributed by atoms with E-state index in [1.165, 1.54) is 57.8 Å². The molecule has 0 radical (unpaired) electrons. The quantitative estimate of drug-likeness (QED) is 0.240. The molecule has 200 valence electrons. The molecule has 10 nitrogen and oxygen atoms in total. The van der Waals surface area contributed by atoms with E-state index in [1.54, 1.807) is 20.8 Å². The molecule has 0 aromatic carbocycles. The summed E-state index contributed by atoms with van der Waals surface area (Å²) in [5, 5.41) is 40.1. The van der Waals surface area contributed by atoms with Crippen molar-refractivity contribution < 1.29 is 25.2 Å². The van der Waals surface area contributed by atoms with E-state index in [4.69, 9.17) is 15.3 Å². The average Bonchev–Trinajstić information content (AvgIpc) is 2.61. The number of unbranched alkanes of at least 4 members (excludes halogenated alkanes) is 9. The monoisotopic (exact) mass is 463 g/mol. The first kappa shape index (κ1) is 52.2. The summed E-state index contributed by atoms with van der Waals surface area (Å²) < 4.78 is 0. The Labute approximate surface area is 192 Å². The second-order valence-corrected chi connectivity index (χ2v) is 5.92. The minimum atomic E-state index is -0.967. The van der Waals surface area contributed by atoms with E-state index in [-0.39, 0.29) is 50.8 Å². The molecule has 0 bridgehead atoms. The van der Waals surface area contributed by atoms with Gasteiger partial charge in [-0.2, -0.15) is 0 Å². The fraction of sp³-hybridized carbons (Fsp3) is 0.952. The third-order valence-electron chi connectivity index (χ3n) is 3.21. The zero-order chi connectivity index (χ0) is 21.6. The lowest BCUT2D eigenvalue weighted by Gasteiger charge is -2.05. The molecule has 0 aliphatic heterocycles. The Balaban J connectivity index is -0.0000000583. The van der Waals surface area contributed by atoms with Gasteiger partial charge in [-0.25, -0.2) is 0 Å². The maximum atomic E-state index is 10.1. The van der Waals surface area contributed by atoms with E-state index in [0.717, 1.165) is 13.0 Å². The molecule has 0 aliphatic carbocycles. The van der Waals surface area contributed by atoms with Gasteiger partial charge in [0.1, 0.15) is 0 Å². The Morgan fingerprint density at radius 1 is 0.581 bits per heavy atom. The molecule has 0 aromatic rings. The van der Waals surface area contributed by atoms with Crippen molar-refractivity contribution in [1.29, 1.82) is 0 Å². The van der Waals surface area contributed by atoms with Gasteiger partial charge < -0.3 is 55.1 Å². The Morgan fingerprint density at radius 3 is 1.16 bits per heavy atom. The van der Waals surface area contributed by atoms with Crippen LogP contribution in [0.3, 0.4) is 0 Å². The van der Waals surface area contributed by atoms with E-state index in [0.29, 0.717) is 6.54 Å². The fourth-order valence-corrected chi connectivity index (χ4v) is 2.05. The van der Waals surface area contributed by atoms with Gasteiger partial charge >= 0.3 is 0 Å². The first-order chi connectivity index (χ1) is 13.0. The predicted molar refractivity (Wildman–Crippen MR) is 130 cm³/mol. The summed E-state index contributed by atoms with van der Waals surface area (Å²) in [4.78, 5) is 10.1. The number of carboxylic acids is 1. The second kappa shape index (κ2) is 63.0. The van der Waals surface area contributed by atoms with Crippen LogP contribution in [-0.2, 0) is 4.79 Å². The van der Waals surface area contributed by atoms with Crippen LogP contribution in [0, 0.1) is 0 Å². The molecule has 0 fully saturated rings. The maximum absolute atomic E-state index is 10.1. The lowest BCUT2D eigenvalue weighted by Crippen LogP contribution is -2.28. The van der Waals surface area contributed by atoms with Gasteiger partial charge in [0.25, 0.3) is 0 Å². The van der Waals surface area contributed by atoms with Gasteiger partial charge in [0.15, 0.2) is 0 Å². The molecule has 0 spiro atoms. The molecular weight excluding hydrogens is 402 g/mol. The molecule has 0 atom stereocenters. The number of aliphatic carboxylic acids is 1. The third kappa shape index (κ3) is 107. The van der Waals surface area contributed by atoms with Gasteiger partial charge in [-0.3, -0.25) is 0 Å². The smallest absolute Gasteiger partial charge is 0.0426 e. The zero-order valence-corrected chi connectivity index (χ0v) is 22.4. The highest BCUT2D eigenvalue weighted by molar-refractivity contribution is 5.64. The van der Waals surface area contributed by atoms with E-state index >= 15 is 0 Å². The number of carbonyl (C=O) groups is 1. The Morgan fingerprint density at radius 2 is 0.871 bits per heavy atom. The van der Waals surface area contributed by atoms with Crippen molar-refractivity contribution >= 4 is 5.97 Å². The SMILES string of the molecule is CCCCCCCCCCCCNCCC(=O)[O-].CC[O-].CC[O-].CC[O-].[NH4+].[NH4+].[NH4+].[NH4+]. The Hall–Kier alpha value is -0.850. The van der Waals surface area contributed by atoms with Gasteiger partial charge in [0, 0.05) is 12.5 Å². The molecule has 0 amide bonds. The number of rotatable bonds is 14. The van der Waals surface area contributed by atoms with Crippen LogP contribution in [0.2, 0.25) is 0 Å². The Bertz CT molecular complexity index is 237. The lowest BCUT2D eigenvalue weighted by atomic mass is 10.1. The maximum Gasteiger partial charge on any atom is 0.0426 e. The van der Waals surface area contributed by atoms with Crippen LogP contribution in [-0.4, -0.2) is 38.9 Å². The largest absolute Gasteiger partial charge is 0.855 e. The molecule has 0 rings (SSSR count).